The Morgan fingerprint density at radius 3 is 2.55 bits per heavy atom. The molecule has 0 aliphatic carbocycles. The number of nitrogens with one attached hydrogen (secondary N) is 1. The number of hydrogen-bond acceptors (Lipinski definition) is 3. The third-order valence-electron chi connectivity index (χ3n) is 3.70. The Hall–Kier alpha value is -1.55. The van der Waals surface area contributed by atoms with E-state index in [0.29, 0.717) is 18.9 Å². The molecule has 0 radical (unpaired) electrons. The lowest BCUT2D eigenvalue weighted by atomic mass is 9.97. The fourth-order valence-corrected chi connectivity index (χ4v) is 2.18. The number of amides is 1. The first-order chi connectivity index (χ1) is 9.56. The van der Waals surface area contributed by atoms with Gasteiger partial charge in [-0.1, -0.05) is 32.4 Å². The molecule has 1 aromatic rings. The van der Waals surface area contributed by atoms with E-state index in [4.69, 9.17) is 10.8 Å². The maximum Gasteiger partial charge on any atom is 0.220 e. The second-order valence-corrected chi connectivity index (χ2v) is 5.36. The Morgan fingerprint density at radius 2 is 2.00 bits per heavy atom. The molecule has 4 heteroatoms. The van der Waals surface area contributed by atoms with Gasteiger partial charge in [0.1, 0.15) is 0 Å². The van der Waals surface area contributed by atoms with Crippen molar-refractivity contribution in [2.75, 3.05) is 18.9 Å². The van der Waals surface area contributed by atoms with Crippen LogP contribution in [0.4, 0.5) is 5.69 Å². The molecule has 4 N–H and O–H groups in total. The first-order valence-corrected chi connectivity index (χ1v) is 7.29. The molecule has 0 aromatic heterocycles. The average molecular weight is 278 g/mol. The van der Waals surface area contributed by atoms with Gasteiger partial charge in [0.05, 0.1) is 0 Å². The zero-order valence-electron chi connectivity index (χ0n) is 12.4. The molecule has 4 nitrogen and oxygen atoms in total. The first kappa shape index (κ1) is 16.5. The van der Waals surface area contributed by atoms with Crippen LogP contribution >= 0.6 is 0 Å². The van der Waals surface area contributed by atoms with E-state index >= 15 is 0 Å². The Morgan fingerprint density at radius 1 is 1.35 bits per heavy atom. The standard InChI is InChI=1S/C16H26N2O2/c1-3-13(8-9-19)11-18-16(20)10-12(2)14-4-6-15(17)7-5-14/h4-7,12-13,19H,3,8-11,17H2,1-2H3,(H,18,20). The van der Waals surface area contributed by atoms with Crippen molar-refractivity contribution in [1.29, 1.82) is 0 Å². The van der Waals surface area contributed by atoms with Gasteiger partial charge >= 0.3 is 0 Å². The van der Waals surface area contributed by atoms with Crippen LogP contribution in [0, 0.1) is 5.92 Å². The quantitative estimate of drug-likeness (QED) is 0.639. The van der Waals surface area contributed by atoms with Crippen LogP contribution in [0.25, 0.3) is 0 Å². The third-order valence-corrected chi connectivity index (χ3v) is 3.70. The lowest BCUT2D eigenvalue weighted by Gasteiger charge is -2.16. The van der Waals surface area contributed by atoms with Crippen LogP contribution in [0.1, 0.15) is 44.6 Å². The van der Waals surface area contributed by atoms with Crippen LogP contribution in [0.2, 0.25) is 0 Å². The summed E-state index contributed by atoms with van der Waals surface area (Å²) in [5, 5.41) is 11.9. The van der Waals surface area contributed by atoms with Gasteiger partial charge in [0.2, 0.25) is 5.91 Å². The molecule has 0 aliphatic heterocycles. The maximum atomic E-state index is 11.9. The summed E-state index contributed by atoms with van der Waals surface area (Å²) in [5.41, 5.74) is 7.51. The minimum atomic E-state index is 0.0608. The van der Waals surface area contributed by atoms with Crippen molar-refractivity contribution in [3.63, 3.8) is 0 Å². The van der Waals surface area contributed by atoms with E-state index in [1.807, 2.05) is 31.2 Å². The molecule has 1 rings (SSSR count). The van der Waals surface area contributed by atoms with Crippen LogP contribution in [-0.2, 0) is 4.79 Å². The van der Waals surface area contributed by atoms with Crippen molar-refractivity contribution in [3.8, 4) is 0 Å². The molecule has 112 valence electrons. The van der Waals surface area contributed by atoms with Crippen molar-refractivity contribution < 1.29 is 9.90 Å². The summed E-state index contributed by atoms with van der Waals surface area (Å²) in [6.45, 7) is 4.93. The normalized spacial score (nSPS) is 13.8. The number of rotatable bonds is 8. The number of aliphatic hydroxyl groups excluding tert-OH is 1. The van der Waals surface area contributed by atoms with Gasteiger partial charge in [0, 0.05) is 25.3 Å². The summed E-state index contributed by atoms with van der Waals surface area (Å²) in [4.78, 5) is 11.9. The van der Waals surface area contributed by atoms with Crippen molar-refractivity contribution >= 4 is 11.6 Å². The van der Waals surface area contributed by atoms with Crippen LogP contribution in [0.5, 0.6) is 0 Å². The highest BCUT2D eigenvalue weighted by Gasteiger charge is 2.13. The summed E-state index contributed by atoms with van der Waals surface area (Å²) in [5.74, 6) is 0.593. The van der Waals surface area contributed by atoms with Gasteiger partial charge in [-0.3, -0.25) is 4.79 Å². The number of carbonyl (C=O) groups is 1. The summed E-state index contributed by atoms with van der Waals surface area (Å²) in [6, 6.07) is 7.65. The van der Waals surface area contributed by atoms with Crippen LogP contribution < -0.4 is 11.1 Å². The predicted molar refractivity (Wildman–Crippen MR) is 82.4 cm³/mol. The predicted octanol–water partition coefficient (Wildman–Crippen LogP) is 2.29. The van der Waals surface area contributed by atoms with E-state index in [2.05, 4.69) is 12.2 Å². The van der Waals surface area contributed by atoms with Gasteiger partial charge in [0.25, 0.3) is 0 Å². The van der Waals surface area contributed by atoms with Gasteiger partial charge in [0.15, 0.2) is 0 Å². The zero-order valence-corrected chi connectivity index (χ0v) is 12.4. The molecule has 0 saturated carbocycles. The number of nitrogens with two attached hydrogens (primary N) is 1. The Labute approximate surface area is 121 Å². The van der Waals surface area contributed by atoms with Gasteiger partial charge in [-0.15, -0.1) is 0 Å². The van der Waals surface area contributed by atoms with Crippen LogP contribution in [0.3, 0.4) is 0 Å². The number of carbonyl (C=O) groups excluding carboxylic acids is 1. The van der Waals surface area contributed by atoms with Crippen LogP contribution in [-0.4, -0.2) is 24.2 Å². The summed E-state index contributed by atoms with van der Waals surface area (Å²) in [6.07, 6.45) is 2.18. The number of hydrogen-bond donors (Lipinski definition) is 3. The molecule has 2 unspecified atom stereocenters. The molecule has 1 amide bonds. The number of anilines is 1. The van der Waals surface area contributed by atoms with Crippen molar-refractivity contribution in [1.82, 2.24) is 5.32 Å². The molecule has 0 fully saturated rings. The van der Waals surface area contributed by atoms with E-state index in [0.717, 1.165) is 24.1 Å². The fraction of sp³-hybridized carbons (Fsp3) is 0.562. The Balaban J connectivity index is 2.39. The number of aliphatic hydroxyl groups is 1. The number of benzene rings is 1. The monoisotopic (exact) mass is 278 g/mol. The van der Waals surface area contributed by atoms with E-state index in [9.17, 15) is 4.79 Å². The average Bonchev–Trinajstić information content (AvgIpc) is 2.44. The highest BCUT2D eigenvalue weighted by atomic mass is 16.3. The lowest BCUT2D eigenvalue weighted by molar-refractivity contribution is -0.121. The van der Waals surface area contributed by atoms with Crippen molar-refractivity contribution in [3.05, 3.63) is 29.8 Å². The molecule has 2 atom stereocenters. The highest BCUT2D eigenvalue weighted by Crippen LogP contribution is 2.20. The molecule has 0 bridgehead atoms. The van der Waals surface area contributed by atoms with Gasteiger partial charge in [-0.25, -0.2) is 0 Å². The first-order valence-electron chi connectivity index (χ1n) is 7.29. The molecule has 0 aliphatic rings. The highest BCUT2D eigenvalue weighted by molar-refractivity contribution is 5.76. The van der Waals surface area contributed by atoms with E-state index in [1.165, 1.54) is 0 Å². The zero-order chi connectivity index (χ0) is 15.0. The molecule has 0 spiro atoms. The van der Waals surface area contributed by atoms with Gasteiger partial charge < -0.3 is 16.2 Å². The van der Waals surface area contributed by atoms with Gasteiger partial charge in [-0.2, -0.15) is 0 Å². The number of nitrogen functional groups attached to an aromatic ring is 1. The minimum absolute atomic E-state index is 0.0608. The van der Waals surface area contributed by atoms with E-state index < -0.39 is 0 Å². The maximum absolute atomic E-state index is 11.9. The second kappa shape index (κ2) is 8.59. The molecule has 0 saturated heterocycles. The molecule has 0 heterocycles. The summed E-state index contributed by atoms with van der Waals surface area (Å²) in [7, 11) is 0. The van der Waals surface area contributed by atoms with E-state index in [-0.39, 0.29) is 18.4 Å². The second-order valence-electron chi connectivity index (χ2n) is 5.36. The fourth-order valence-electron chi connectivity index (χ4n) is 2.18. The van der Waals surface area contributed by atoms with Crippen molar-refractivity contribution in [2.24, 2.45) is 5.92 Å². The van der Waals surface area contributed by atoms with Gasteiger partial charge in [-0.05, 0) is 36.0 Å². The summed E-state index contributed by atoms with van der Waals surface area (Å²) < 4.78 is 0. The minimum Gasteiger partial charge on any atom is -0.399 e. The molecule has 20 heavy (non-hydrogen) atoms. The summed E-state index contributed by atoms with van der Waals surface area (Å²) >= 11 is 0. The van der Waals surface area contributed by atoms with Crippen LogP contribution in [0.15, 0.2) is 24.3 Å². The largest absolute Gasteiger partial charge is 0.399 e. The third kappa shape index (κ3) is 5.61. The Kier molecular flexibility index (Phi) is 7.09. The molecular weight excluding hydrogens is 252 g/mol. The smallest absolute Gasteiger partial charge is 0.220 e. The van der Waals surface area contributed by atoms with Crippen molar-refractivity contribution in [2.45, 2.75) is 39.0 Å². The van der Waals surface area contributed by atoms with E-state index in [1.54, 1.807) is 0 Å². The molecular formula is C16H26N2O2. The Bertz CT molecular complexity index is 403. The SMILES string of the molecule is CCC(CCO)CNC(=O)CC(C)c1ccc(N)cc1. The molecule has 1 aromatic carbocycles. The topological polar surface area (TPSA) is 75.3 Å². The lowest BCUT2D eigenvalue weighted by Crippen LogP contribution is -2.30.